The van der Waals surface area contributed by atoms with Crippen molar-refractivity contribution in [1.82, 2.24) is 9.88 Å². The molecule has 0 unspecified atom stereocenters. The van der Waals surface area contributed by atoms with Crippen LogP contribution >= 0.6 is 23.2 Å². The Morgan fingerprint density at radius 1 is 1.16 bits per heavy atom. The quantitative estimate of drug-likeness (QED) is 0.446. The number of para-hydroxylation sites is 1. The Bertz CT molecular complexity index is 1060. The van der Waals surface area contributed by atoms with Gasteiger partial charge in [-0.3, -0.25) is 4.79 Å². The van der Waals surface area contributed by atoms with E-state index in [2.05, 4.69) is 28.1 Å². The first kappa shape index (κ1) is 21.7. The van der Waals surface area contributed by atoms with E-state index >= 15 is 0 Å². The van der Waals surface area contributed by atoms with Gasteiger partial charge in [0.25, 0.3) is 0 Å². The van der Waals surface area contributed by atoms with E-state index in [4.69, 9.17) is 27.6 Å². The number of amides is 1. The molecule has 1 saturated heterocycles. The third-order valence-corrected chi connectivity index (χ3v) is 6.12. The smallest absolute Gasteiger partial charge is 0.223 e. The number of nitrogens with zero attached hydrogens (tertiary/aromatic N) is 3. The Balaban J connectivity index is 1.36. The molecule has 2 heterocycles. The van der Waals surface area contributed by atoms with E-state index in [0.29, 0.717) is 41.1 Å². The molecule has 0 aliphatic carbocycles. The fourth-order valence-electron chi connectivity index (χ4n) is 3.90. The van der Waals surface area contributed by atoms with Crippen molar-refractivity contribution >= 4 is 34.8 Å². The maximum Gasteiger partial charge on any atom is 0.223 e. The number of hydrogen-bond acceptors (Lipinski definition) is 4. The molecule has 3 aromatic rings. The highest BCUT2D eigenvalue weighted by atomic mass is 35.5. The molecule has 0 spiro atoms. The molecule has 7 heteroatoms. The molecule has 1 amide bonds. The number of halogens is 2. The molecule has 1 aliphatic heterocycles. The number of anilines is 1. The molecule has 1 aliphatic rings. The van der Waals surface area contributed by atoms with E-state index in [1.807, 2.05) is 13.1 Å². The zero-order valence-corrected chi connectivity index (χ0v) is 19.0. The summed E-state index contributed by atoms with van der Waals surface area (Å²) in [5.74, 6) is 1.14. The summed E-state index contributed by atoms with van der Waals surface area (Å²) in [7, 11) is 1.84. The van der Waals surface area contributed by atoms with Crippen LogP contribution in [-0.2, 0) is 17.8 Å². The molecular formula is C24H25Cl2N3O2. The molecule has 5 nitrogen and oxygen atoms in total. The van der Waals surface area contributed by atoms with Gasteiger partial charge in [-0.05, 0) is 42.7 Å². The molecule has 0 N–H and O–H groups in total. The predicted molar refractivity (Wildman–Crippen MR) is 125 cm³/mol. The normalized spacial score (nSPS) is 13.6. The van der Waals surface area contributed by atoms with Gasteiger partial charge in [-0.1, -0.05) is 41.4 Å². The highest BCUT2D eigenvalue weighted by Crippen LogP contribution is 2.31. The van der Waals surface area contributed by atoms with Gasteiger partial charge in [0.1, 0.15) is 0 Å². The molecule has 4 rings (SSSR count). The summed E-state index contributed by atoms with van der Waals surface area (Å²) in [6.45, 7) is 2.75. The van der Waals surface area contributed by atoms with Gasteiger partial charge in [0.05, 0.1) is 11.2 Å². The number of aromatic nitrogens is 1. The van der Waals surface area contributed by atoms with E-state index in [0.717, 1.165) is 18.7 Å². The Labute approximate surface area is 192 Å². The molecular weight excluding hydrogens is 433 g/mol. The van der Waals surface area contributed by atoms with Gasteiger partial charge < -0.3 is 14.2 Å². The van der Waals surface area contributed by atoms with Crippen molar-refractivity contribution in [3.63, 3.8) is 0 Å². The number of aryl methyl sites for hydroxylation is 1. The van der Waals surface area contributed by atoms with E-state index in [1.165, 1.54) is 24.1 Å². The molecule has 0 saturated carbocycles. The number of carbonyl (C=O) groups is 1. The van der Waals surface area contributed by atoms with Crippen LogP contribution in [0.25, 0.3) is 11.3 Å². The molecule has 0 radical (unpaired) electrons. The van der Waals surface area contributed by atoms with Crippen molar-refractivity contribution in [3.05, 3.63) is 70.2 Å². The fraction of sp³-hybridized carbons (Fsp3) is 0.333. The SMILES string of the molecule is CN(Cc1ccccc1N1CCCC1)C(=O)CCc1ncc(-c2ccc(Cl)cc2Cl)o1. The standard InChI is InChI=1S/C24H25Cl2N3O2/c1-28(16-17-6-2-3-7-21(17)29-12-4-5-13-29)24(30)11-10-23-27-15-22(31-23)19-9-8-18(25)14-20(19)26/h2-3,6-9,14-15H,4-5,10-13,16H2,1H3. The zero-order chi connectivity index (χ0) is 21.8. The van der Waals surface area contributed by atoms with E-state index in [9.17, 15) is 4.79 Å². The van der Waals surface area contributed by atoms with Crippen LogP contribution < -0.4 is 4.90 Å². The number of hydrogen-bond donors (Lipinski definition) is 0. The topological polar surface area (TPSA) is 49.6 Å². The maximum absolute atomic E-state index is 12.7. The second-order valence-corrected chi connectivity index (χ2v) is 8.66. The third-order valence-electron chi connectivity index (χ3n) is 5.57. The number of oxazole rings is 1. The molecule has 0 bridgehead atoms. The van der Waals surface area contributed by atoms with Gasteiger partial charge in [0.2, 0.25) is 5.91 Å². The van der Waals surface area contributed by atoms with Crippen LogP contribution in [0.4, 0.5) is 5.69 Å². The zero-order valence-electron chi connectivity index (χ0n) is 17.5. The van der Waals surface area contributed by atoms with Gasteiger partial charge in [-0.25, -0.2) is 4.98 Å². The lowest BCUT2D eigenvalue weighted by atomic mass is 10.1. The van der Waals surface area contributed by atoms with E-state index in [-0.39, 0.29) is 5.91 Å². The van der Waals surface area contributed by atoms with Gasteiger partial charge in [-0.15, -0.1) is 0 Å². The highest BCUT2D eigenvalue weighted by Gasteiger charge is 2.18. The van der Waals surface area contributed by atoms with Crippen molar-refractivity contribution in [2.75, 3.05) is 25.0 Å². The minimum atomic E-state index is 0.0560. The Morgan fingerprint density at radius 2 is 1.94 bits per heavy atom. The molecule has 31 heavy (non-hydrogen) atoms. The van der Waals surface area contributed by atoms with Crippen LogP contribution in [0.2, 0.25) is 10.0 Å². The van der Waals surface area contributed by atoms with Crippen LogP contribution in [0.5, 0.6) is 0 Å². The van der Waals surface area contributed by atoms with Gasteiger partial charge in [0.15, 0.2) is 11.7 Å². The summed E-state index contributed by atoms with van der Waals surface area (Å²) in [6, 6.07) is 13.6. The van der Waals surface area contributed by atoms with E-state index < -0.39 is 0 Å². The van der Waals surface area contributed by atoms with Crippen LogP contribution in [0, 0.1) is 0 Å². The molecule has 2 aromatic carbocycles. The monoisotopic (exact) mass is 457 g/mol. The highest BCUT2D eigenvalue weighted by molar-refractivity contribution is 6.36. The second kappa shape index (κ2) is 9.75. The predicted octanol–water partition coefficient (Wildman–Crippen LogP) is 5.84. The van der Waals surface area contributed by atoms with Gasteiger partial charge in [0, 0.05) is 55.8 Å². The molecule has 1 fully saturated rings. The van der Waals surface area contributed by atoms with Crippen LogP contribution in [-0.4, -0.2) is 35.9 Å². The lowest BCUT2D eigenvalue weighted by Crippen LogP contribution is -2.28. The molecule has 1 aromatic heterocycles. The van der Waals surface area contributed by atoms with Crippen molar-refractivity contribution in [2.24, 2.45) is 0 Å². The second-order valence-electron chi connectivity index (χ2n) is 7.82. The Hall–Kier alpha value is -2.50. The van der Waals surface area contributed by atoms with Crippen LogP contribution in [0.15, 0.2) is 53.1 Å². The third kappa shape index (κ3) is 5.23. The Kier molecular flexibility index (Phi) is 6.83. The first-order valence-corrected chi connectivity index (χ1v) is 11.2. The Morgan fingerprint density at radius 3 is 2.71 bits per heavy atom. The minimum Gasteiger partial charge on any atom is -0.441 e. The lowest BCUT2D eigenvalue weighted by Gasteiger charge is -2.24. The van der Waals surface area contributed by atoms with Gasteiger partial charge in [-0.2, -0.15) is 0 Å². The fourth-order valence-corrected chi connectivity index (χ4v) is 4.40. The average Bonchev–Trinajstić information content (AvgIpc) is 3.45. The van der Waals surface area contributed by atoms with Crippen molar-refractivity contribution in [3.8, 4) is 11.3 Å². The summed E-state index contributed by atoms with van der Waals surface area (Å²) in [5, 5.41) is 1.07. The number of rotatable bonds is 7. The van der Waals surface area contributed by atoms with Crippen molar-refractivity contribution in [2.45, 2.75) is 32.2 Å². The van der Waals surface area contributed by atoms with Crippen molar-refractivity contribution < 1.29 is 9.21 Å². The number of benzene rings is 2. The first-order valence-electron chi connectivity index (χ1n) is 10.5. The summed E-state index contributed by atoms with van der Waals surface area (Å²) >= 11 is 12.2. The van der Waals surface area contributed by atoms with Crippen LogP contribution in [0.3, 0.4) is 0 Å². The average molecular weight is 458 g/mol. The maximum atomic E-state index is 12.7. The molecule has 162 valence electrons. The first-order chi connectivity index (χ1) is 15.0. The van der Waals surface area contributed by atoms with Crippen LogP contribution in [0.1, 0.15) is 30.7 Å². The lowest BCUT2D eigenvalue weighted by molar-refractivity contribution is -0.130. The summed E-state index contributed by atoms with van der Waals surface area (Å²) in [6.07, 6.45) is 4.84. The molecule has 0 atom stereocenters. The minimum absolute atomic E-state index is 0.0560. The largest absolute Gasteiger partial charge is 0.441 e. The summed E-state index contributed by atoms with van der Waals surface area (Å²) < 4.78 is 5.81. The van der Waals surface area contributed by atoms with E-state index in [1.54, 1.807) is 29.3 Å². The van der Waals surface area contributed by atoms with Crippen molar-refractivity contribution in [1.29, 1.82) is 0 Å². The number of carbonyl (C=O) groups excluding carboxylic acids is 1. The summed E-state index contributed by atoms with van der Waals surface area (Å²) in [5.41, 5.74) is 3.14. The summed E-state index contributed by atoms with van der Waals surface area (Å²) in [4.78, 5) is 21.2. The van der Waals surface area contributed by atoms with Gasteiger partial charge >= 0.3 is 0 Å².